The first-order valence-electron chi connectivity index (χ1n) is 4.81. The minimum atomic E-state index is -4.14. The molecule has 0 aliphatic rings. The van der Waals surface area contributed by atoms with Gasteiger partial charge in [0.2, 0.25) is 14.6 Å². The average molecular weight is 311 g/mol. The van der Waals surface area contributed by atoms with Crippen molar-refractivity contribution in [2.75, 3.05) is 12.4 Å². The molecule has 0 saturated heterocycles. The van der Waals surface area contributed by atoms with Crippen LogP contribution in [0.25, 0.3) is 0 Å². The molecule has 0 heterocycles. The zero-order valence-corrected chi connectivity index (χ0v) is 11.7. The van der Waals surface area contributed by atoms with Gasteiger partial charge >= 0.3 is 0 Å². The molecule has 0 fully saturated rings. The van der Waals surface area contributed by atoms with Crippen LogP contribution in [0.1, 0.15) is 10.1 Å². The minimum absolute atomic E-state index is 0.0346. The molecular formula is C9H13NO5S3. The van der Waals surface area contributed by atoms with E-state index in [9.17, 15) is 12.6 Å². The highest BCUT2D eigenvalue weighted by molar-refractivity contribution is 8.02. The average Bonchev–Trinajstić information content (AvgIpc) is 2.25. The molecule has 0 saturated carbocycles. The molecule has 1 aromatic rings. The van der Waals surface area contributed by atoms with E-state index in [0.717, 1.165) is 4.90 Å². The number of nitrogens with two attached hydrogens (primary N) is 1. The van der Waals surface area contributed by atoms with E-state index in [-0.39, 0.29) is 12.2 Å². The van der Waals surface area contributed by atoms with Gasteiger partial charge in [-0.1, -0.05) is 12.1 Å². The van der Waals surface area contributed by atoms with E-state index in [0.29, 0.717) is 5.75 Å². The molecule has 2 atom stereocenters. The van der Waals surface area contributed by atoms with E-state index >= 15 is 0 Å². The maximum atomic E-state index is 11.2. The molecule has 1 rings (SSSR count). The van der Waals surface area contributed by atoms with Crippen molar-refractivity contribution in [3.8, 4) is 0 Å². The second-order valence-electron chi connectivity index (χ2n) is 3.34. The number of hydrogen-bond acceptors (Lipinski definition) is 5. The highest BCUT2D eigenvalue weighted by Crippen LogP contribution is 2.26. The van der Waals surface area contributed by atoms with Gasteiger partial charge in [-0.25, -0.2) is 17.8 Å². The van der Waals surface area contributed by atoms with Gasteiger partial charge in [0.15, 0.2) is 11.1 Å². The predicted octanol–water partition coefficient (Wildman–Crippen LogP) is 0.280. The van der Waals surface area contributed by atoms with Crippen LogP contribution in [-0.4, -0.2) is 34.6 Å². The molecule has 6 nitrogen and oxygen atoms in total. The smallest absolute Gasteiger partial charge is 0.230 e. The Morgan fingerprint density at radius 3 is 2.28 bits per heavy atom. The number of aliphatic hydroxyl groups excluding tert-OH is 1. The first kappa shape index (κ1) is 15.6. The van der Waals surface area contributed by atoms with Crippen LogP contribution in [0.15, 0.2) is 29.2 Å². The van der Waals surface area contributed by atoms with Crippen molar-refractivity contribution in [3.63, 3.8) is 0 Å². The van der Waals surface area contributed by atoms with Gasteiger partial charge in [-0.05, 0) is 17.7 Å². The standard InChI is InChI=1S/C9H13NO5S3/c10-18(14,15)9(17(12)13)7-1-3-8(4-2-7)16-6-5-11/h1-4,9,11H,5-6H2,(H,12,13)(H2,10,14,15). The molecule has 9 heteroatoms. The van der Waals surface area contributed by atoms with E-state index < -0.39 is 25.7 Å². The summed E-state index contributed by atoms with van der Waals surface area (Å²) in [5.41, 5.74) is 0.159. The fraction of sp³-hybridized carbons (Fsp3) is 0.333. The molecule has 1 aromatic carbocycles. The summed E-state index contributed by atoms with van der Waals surface area (Å²) >= 11 is -1.21. The van der Waals surface area contributed by atoms with Gasteiger partial charge < -0.3 is 9.66 Å². The van der Waals surface area contributed by atoms with Crippen LogP contribution >= 0.6 is 11.8 Å². The molecule has 0 amide bonds. The minimum Gasteiger partial charge on any atom is -0.396 e. The topological polar surface area (TPSA) is 118 Å². The molecule has 0 bridgehead atoms. The van der Waals surface area contributed by atoms with Gasteiger partial charge in [0.05, 0.1) is 6.61 Å². The summed E-state index contributed by atoms with van der Waals surface area (Å²) in [4.78, 5) is 0.824. The lowest BCUT2D eigenvalue weighted by Crippen LogP contribution is -2.24. The molecule has 4 N–H and O–H groups in total. The third-order valence-corrected chi connectivity index (χ3v) is 5.79. The monoisotopic (exact) mass is 311 g/mol. The highest BCUT2D eigenvalue weighted by atomic mass is 32.3. The molecule has 0 radical (unpaired) electrons. The van der Waals surface area contributed by atoms with Crippen LogP contribution in [0.4, 0.5) is 0 Å². The van der Waals surface area contributed by atoms with E-state index in [1.807, 2.05) is 0 Å². The molecule has 18 heavy (non-hydrogen) atoms. The summed E-state index contributed by atoms with van der Waals surface area (Å²) in [6.07, 6.45) is 0. The van der Waals surface area contributed by atoms with Crippen molar-refractivity contribution in [1.29, 1.82) is 0 Å². The van der Waals surface area contributed by atoms with Crippen LogP contribution in [0.5, 0.6) is 0 Å². The number of thioether (sulfide) groups is 1. The third kappa shape index (κ3) is 4.34. The maximum absolute atomic E-state index is 11.2. The number of aliphatic hydroxyl groups is 1. The van der Waals surface area contributed by atoms with Gasteiger partial charge in [0.25, 0.3) is 0 Å². The summed E-state index contributed by atoms with van der Waals surface area (Å²) in [7, 11) is -4.14. The lowest BCUT2D eigenvalue weighted by molar-refractivity contribution is 0.322. The van der Waals surface area contributed by atoms with E-state index in [2.05, 4.69) is 0 Å². The first-order valence-corrected chi connectivity index (χ1v) is 8.57. The van der Waals surface area contributed by atoms with Crippen LogP contribution in [-0.2, 0) is 21.1 Å². The third-order valence-electron chi connectivity index (χ3n) is 1.99. The SMILES string of the molecule is NS(=O)(=O)C(c1ccc(SCCO)cc1)S(=O)O. The molecule has 0 aromatic heterocycles. The van der Waals surface area contributed by atoms with Crippen molar-refractivity contribution >= 4 is 32.9 Å². The predicted molar refractivity (Wildman–Crippen MR) is 70.9 cm³/mol. The van der Waals surface area contributed by atoms with Crippen LogP contribution in [0.3, 0.4) is 0 Å². The molecule has 0 aliphatic heterocycles. The van der Waals surface area contributed by atoms with Gasteiger partial charge in [-0.15, -0.1) is 11.8 Å². The fourth-order valence-electron chi connectivity index (χ4n) is 1.31. The van der Waals surface area contributed by atoms with Gasteiger partial charge in [0.1, 0.15) is 0 Å². The van der Waals surface area contributed by atoms with Crippen LogP contribution in [0, 0.1) is 0 Å². The molecule has 0 spiro atoms. The maximum Gasteiger partial charge on any atom is 0.230 e. The van der Waals surface area contributed by atoms with Crippen LogP contribution in [0.2, 0.25) is 0 Å². The normalized spacial score (nSPS) is 15.3. The number of primary sulfonamides is 1. The number of hydrogen-bond donors (Lipinski definition) is 3. The summed E-state index contributed by atoms with van der Waals surface area (Å²) in [5.74, 6) is 0.518. The molecule has 102 valence electrons. The summed E-state index contributed by atoms with van der Waals surface area (Å²) in [5, 5.41) is 13.6. The van der Waals surface area contributed by atoms with Crippen molar-refractivity contribution in [3.05, 3.63) is 29.8 Å². The Balaban J connectivity index is 2.98. The van der Waals surface area contributed by atoms with Gasteiger partial charge in [-0.3, -0.25) is 0 Å². The molecule has 0 aliphatic carbocycles. The molecule has 2 unspecified atom stereocenters. The Morgan fingerprint density at radius 2 is 1.89 bits per heavy atom. The van der Waals surface area contributed by atoms with Gasteiger partial charge in [-0.2, -0.15) is 0 Å². The van der Waals surface area contributed by atoms with Gasteiger partial charge in [0, 0.05) is 10.6 Å². The quantitative estimate of drug-likeness (QED) is 0.513. The summed E-state index contributed by atoms with van der Waals surface area (Å²) in [6.45, 7) is 0.0346. The van der Waals surface area contributed by atoms with Crippen molar-refractivity contribution in [2.24, 2.45) is 5.14 Å². The van der Waals surface area contributed by atoms with Crippen LogP contribution < -0.4 is 5.14 Å². The largest absolute Gasteiger partial charge is 0.396 e. The Labute approximate surface area is 112 Å². The van der Waals surface area contributed by atoms with E-state index in [1.165, 1.54) is 23.9 Å². The van der Waals surface area contributed by atoms with Crippen molar-refractivity contribution < 1.29 is 22.3 Å². The Kier molecular flexibility index (Phi) is 5.76. The van der Waals surface area contributed by atoms with E-state index in [4.69, 9.17) is 14.8 Å². The lowest BCUT2D eigenvalue weighted by Gasteiger charge is -2.11. The second kappa shape index (κ2) is 6.64. The zero-order chi connectivity index (χ0) is 13.8. The first-order chi connectivity index (χ1) is 8.36. The lowest BCUT2D eigenvalue weighted by atomic mass is 10.2. The number of sulfonamides is 1. The summed E-state index contributed by atoms with van der Waals surface area (Å²) in [6, 6.07) is 6.09. The molecular weight excluding hydrogens is 298 g/mol. The number of benzene rings is 1. The summed E-state index contributed by atoms with van der Waals surface area (Å²) < 4.78 is 40.8. The zero-order valence-electron chi connectivity index (χ0n) is 9.22. The second-order valence-corrected chi connectivity index (χ2v) is 7.48. The number of rotatable bonds is 6. The Bertz CT molecular complexity index is 514. The fourth-order valence-corrected chi connectivity index (χ4v) is 3.81. The Morgan fingerprint density at radius 1 is 1.33 bits per heavy atom. The van der Waals surface area contributed by atoms with Crippen molar-refractivity contribution in [1.82, 2.24) is 0 Å². The van der Waals surface area contributed by atoms with Crippen molar-refractivity contribution in [2.45, 2.75) is 9.48 Å². The Hall–Kier alpha value is -0.450. The highest BCUT2D eigenvalue weighted by Gasteiger charge is 2.29. The van der Waals surface area contributed by atoms with E-state index in [1.54, 1.807) is 12.1 Å².